The number of benzene rings is 2. The molecule has 3 aromatic rings. The molecule has 4 amide bonds. The van der Waals surface area contributed by atoms with Gasteiger partial charge in [-0.1, -0.05) is 60.7 Å². The molecular formula is C33H42N8O6. The molecule has 10 N–H and O–H groups in total. The van der Waals surface area contributed by atoms with Crippen molar-refractivity contribution in [2.45, 2.75) is 64.6 Å². The second-order valence-electron chi connectivity index (χ2n) is 11.2. The average molecular weight is 647 g/mol. The summed E-state index contributed by atoms with van der Waals surface area (Å²) < 4.78 is 1.91. The van der Waals surface area contributed by atoms with E-state index in [9.17, 15) is 29.1 Å². The molecule has 0 aliphatic rings. The first kappa shape index (κ1) is 35.8. The van der Waals surface area contributed by atoms with Gasteiger partial charge in [-0.05, 0) is 38.7 Å². The normalized spacial score (nSPS) is 12.1. The number of carboxylic acid groups (broad SMARTS) is 1. The summed E-state index contributed by atoms with van der Waals surface area (Å²) in [6, 6.07) is 15.6. The Kier molecular flexibility index (Phi) is 12.6. The summed E-state index contributed by atoms with van der Waals surface area (Å²) >= 11 is 0. The Bertz CT molecular complexity index is 1610. The molecule has 250 valence electrons. The topological polar surface area (TPSA) is 237 Å². The second kappa shape index (κ2) is 16.6. The third kappa shape index (κ3) is 9.66. The quantitative estimate of drug-likeness (QED) is 0.0691. The fourth-order valence-electron chi connectivity index (χ4n) is 5.22. The smallest absolute Gasteiger partial charge is 0.303 e. The molecule has 0 aliphatic heterocycles. The van der Waals surface area contributed by atoms with Crippen molar-refractivity contribution in [1.29, 1.82) is 0 Å². The molecule has 2 atom stereocenters. The first-order valence-corrected chi connectivity index (χ1v) is 15.2. The summed E-state index contributed by atoms with van der Waals surface area (Å²) in [6.07, 6.45) is -0.111. The lowest BCUT2D eigenvalue weighted by molar-refractivity contribution is -0.137. The predicted octanol–water partition coefficient (Wildman–Crippen LogP) is 2.35. The van der Waals surface area contributed by atoms with E-state index < -0.39 is 48.1 Å². The van der Waals surface area contributed by atoms with Crippen LogP contribution in [-0.4, -0.2) is 63.9 Å². The minimum atomic E-state index is -1.31. The molecule has 0 fully saturated rings. The van der Waals surface area contributed by atoms with Crippen LogP contribution < -0.4 is 33.2 Å². The fraction of sp³-hybridized carbons (Fsp3) is 0.333. The van der Waals surface area contributed by atoms with Gasteiger partial charge in [0.25, 0.3) is 5.91 Å². The Morgan fingerprint density at radius 2 is 1.40 bits per heavy atom. The molecule has 14 nitrogen and oxygen atoms in total. The van der Waals surface area contributed by atoms with E-state index in [1.165, 1.54) is 6.92 Å². The zero-order valence-corrected chi connectivity index (χ0v) is 26.7. The Labute approximate surface area is 272 Å². The van der Waals surface area contributed by atoms with E-state index in [2.05, 4.69) is 20.9 Å². The first-order valence-electron chi connectivity index (χ1n) is 15.2. The number of anilines is 1. The van der Waals surface area contributed by atoms with Crippen LogP contribution in [0.5, 0.6) is 0 Å². The fourth-order valence-corrected chi connectivity index (χ4v) is 5.22. The van der Waals surface area contributed by atoms with Crippen LogP contribution in [0.3, 0.4) is 0 Å². The minimum Gasteiger partial charge on any atom is -0.481 e. The number of guanidine groups is 1. The van der Waals surface area contributed by atoms with Crippen molar-refractivity contribution in [2.24, 2.45) is 22.2 Å². The van der Waals surface area contributed by atoms with Crippen LogP contribution >= 0.6 is 0 Å². The number of carbonyl (C=O) groups excluding carboxylic acids is 4. The summed E-state index contributed by atoms with van der Waals surface area (Å²) in [5, 5.41) is 17.4. The van der Waals surface area contributed by atoms with Gasteiger partial charge in [-0.25, -0.2) is 0 Å². The number of primary amides is 1. The highest BCUT2D eigenvalue weighted by molar-refractivity contribution is 6.14. The molecule has 0 radical (unpaired) electrons. The van der Waals surface area contributed by atoms with Gasteiger partial charge in [0.2, 0.25) is 17.7 Å². The van der Waals surface area contributed by atoms with Gasteiger partial charge in [-0.3, -0.25) is 29.0 Å². The van der Waals surface area contributed by atoms with E-state index in [1.54, 1.807) is 12.1 Å². The number of aliphatic carboxylic acids is 1. The zero-order valence-electron chi connectivity index (χ0n) is 26.7. The Balaban J connectivity index is 2.29. The molecule has 0 aliphatic carbocycles. The molecule has 47 heavy (non-hydrogen) atoms. The van der Waals surface area contributed by atoms with Crippen molar-refractivity contribution >= 4 is 41.2 Å². The number of nitrogens with two attached hydrogens (primary N) is 3. The van der Waals surface area contributed by atoms with Crippen molar-refractivity contribution in [3.05, 3.63) is 66.2 Å². The van der Waals surface area contributed by atoms with Gasteiger partial charge in [0, 0.05) is 31.5 Å². The van der Waals surface area contributed by atoms with E-state index >= 15 is 0 Å². The SMILES string of the molecule is CC(=O)NC(CCCN=C(N)N)C(=O)Nc1c(C(=O)NC(CCC(=O)O)C(N)=O)c(-c2ccccc2)n(C(C)C)c1-c1ccccc1. The third-order valence-electron chi connectivity index (χ3n) is 7.23. The monoisotopic (exact) mass is 646 g/mol. The van der Waals surface area contributed by atoms with Gasteiger partial charge in [0.15, 0.2) is 5.96 Å². The summed E-state index contributed by atoms with van der Waals surface area (Å²) in [4.78, 5) is 68.0. The first-order chi connectivity index (χ1) is 22.3. The van der Waals surface area contributed by atoms with Crippen LogP contribution in [0.25, 0.3) is 22.5 Å². The van der Waals surface area contributed by atoms with Crippen LogP contribution in [0.4, 0.5) is 5.69 Å². The Hall–Kier alpha value is -5.66. The van der Waals surface area contributed by atoms with Crippen molar-refractivity contribution in [2.75, 3.05) is 11.9 Å². The van der Waals surface area contributed by atoms with Crippen LogP contribution in [-0.2, 0) is 19.2 Å². The maximum atomic E-state index is 14.3. The molecule has 2 aromatic carbocycles. The highest BCUT2D eigenvalue weighted by Crippen LogP contribution is 2.43. The molecule has 0 saturated carbocycles. The van der Waals surface area contributed by atoms with Crippen molar-refractivity contribution < 1.29 is 29.1 Å². The standard InChI is InChI=1S/C33H42N8O6/c1-19(2)41-28(21-11-6-4-7-12-21)26(32(47)39-23(30(34)45)16-17-25(43)44)27(29(41)22-13-8-5-9-14-22)40-31(46)24(38-20(3)42)15-10-18-37-33(35)36/h4-9,11-14,19,23-24H,10,15-18H2,1-3H3,(H2,34,45)(H,38,42)(H,39,47)(H,40,46)(H,43,44)(H4,35,36,37). The van der Waals surface area contributed by atoms with Crippen molar-refractivity contribution in [3.8, 4) is 22.5 Å². The number of hydrogen-bond acceptors (Lipinski definition) is 6. The predicted molar refractivity (Wildman–Crippen MR) is 179 cm³/mol. The number of carboxylic acids is 1. The highest BCUT2D eigenvalue weighted by atomic mass is 16.4. The molecule has 0 saturated heterocycles. The van der Waals surface area contributed by atoms with Gasteiger partial charge < -0.3 is 42.8 Å². The Morgan fingerprint density at radius 3 is 1.89 bits per heavy atom. The number of hydrogen-bond donors (Lipinski definition) is 7. The lowest BCUT2D eigenvalue weighted by atomic mass is 10.0. The molecule has 14 heteroatoms. The molecule has 1 heterocycles. The number of amides is 4. The lowest BCUT2D eigenvalue weighted by Gasteiger charge is -2.20. The van der Waals surface area contributed by atoms with E-state index in [4.69, 9.17) is 17.2 Å². The minimum absolute atomic E-state index is 0.0285. The van der Waals surface area contributed by atoms with Crippen LogP contribution in [0.2, 0.25) is 0 Å². The molecule has 1 aromatic heterocycles. The maximum Gasteiger partial charge on any atom is 0.303 e. The highest BCUT2D eigenvalue weighted by Gasteiger charge is 2.34. The van der Waals surface area contributed by atoms with Gasteiger partial charge >= 0.3 is 5.97 Å². The Morgan fingerprint density at radius 1 is 0.830 bits per heavy atom. The average Bonchev–Trinajstić information content (AvgIpc) is 3.36. The van der Waals surface area contributed by atoms with Gasteiger partial charge in [-0.15, -0.1) is 0 Å². The molecule has 0 spiro atoms. The number of aromatic nitrogens is 1. The molecule has 0 bridgehead atoms. The van der Waals surface area contributed by atoms with E-state index in [0.29, 0.717) is 28.9 Å². The molecule has 2 unspecified atom stereocenters. The number of carbonyl (C=O) groups is 5. The second-order valence-corrected chi connectivity index (χ2v) is 11.2. The molecular weight excluding hydrogens is 604 g/mol. The number of aliphatic imine (C=N–C) groups is 1. The summed E-state index contributed by atoms with van der Waals surface area (Å²) in [5.41, 5.74) is 18.8. The van der Waals surface area contributed by atoms with Crippen molar-refractivity contribution in [3.63, 3.8) is 0 Å². The van der Waals surface area contributed by atoms with Crippen LogP contribution in [0.15, 0.2) is 65.7 Å². The number of nitrogens with zero attached hydrogens (tertiary/aromatic N) is 2. The third-order valence-corrected chi connectivity index (χ3v) is 7.23. The van der Waals surface area contributed by atoms with Crippen LogP contribution in [0.1, 0.15) is 62.9 Å². The molecule has 3 rings (SSSR count). The lowest BCUT2D eigenvalue weighted by Crippen LogP contribution is -2.45. The maximum absolute atomic E-state index is 14.3. The largest absolute Gasteiger partial charge is 0.481 e. The van der Waals surface area contributed by atoms with E-state index in [0.717, 1.165) is 0 Å². The van der Waals surface area contributed by atoms with E-state index in [-0.39, 0.29) is 42.6 Å². The van der Waals surface area contributed by atoms with Crippen molar-refractivity contribution in [1.82, 2.24) is 15.2 Å². The van der Waals surface area contributed by atoms with Crippen LogP contribution in [0, 0.1) is 0 Å². The summed E-state index contributed by atoms with van der Waals surface area (Å²) in [5.74, 6) is -3.98. The van der Waals surface area contributed by atoms with Gasteiger partial charge in [0.1, 0.15) is 12.1 Å². The van der Waals surface area contributed by atoms with E-state index in [1.807, 2.05) is 66.9 Å². The number of rotatable bonds is 16. The zero-order chi connectivity index (χ0) is 34.7. The van der Waals surface area contributed by atoms with Gasteiger partial charge in [-0.2, -0.15) is 0 Å². The van der Waals surface area contributed by atoms with Gasteiger partial charge in [0.05, 0.1) is 22.6 Å². The number of nitrogens with one attached hydrogen (secondary N) is 3. The summed E-state index contributed by atoms with van der Waals surface area (Å²) in [7, 11) is 0. The summed E-state index contributed by atoms with van der Waals surface area (Å²) in [6.45, 7) is 5.36.